The van der Waals surface area contributed by atoms with Gasteiger partial charge in [0.25, 0.3) is 5.79 Å². The Morgan fingerprint density at radius 3 is 1.72 bits per heavy atom. The molecule has 0 aliphatic carbocycles. The van der Waals surface area contributed by atoms with Crippen LogP contribution in [0.4, 0.5) is 0 Å². The molecule has 1 aliphatic heterocycles. The molecule has 1 aliphatic rings. The van der Waals surface area contributed by atoms with Crippen LogP contribution in [0.5, 0.6) is 11.5 Å². The summed E-state index contributed by atoms with van der Waals surface area (Å²) in [4.78, 5) is 5.17. The van der Waals surface area contributed by atoms with Crippen molar-refractivity contribution in [3.63, 3.8) is 0 Å². The average molecular weight is 343 g/mol. The van der Waals surface area contributed by atoms with E-state index in [-0.39, 0.29) is 0 Å². The first-order valence-electron chi connectivity index (χ1n) is 9.09. The van der Waals surface area contributed by atoms with Gasteiger partial charge in [0.2, 0.25) is 0 Å². The lowest BCUT2D eigenvalue weighted by atomic mass is 10.0. The molecule has 0 atom stereocenters. The molecule has 0 unspecified atom stereocenters. The van der Waals surface area contributed by atoms with E-state index in [0.29, 0.717) is 0 Å². The van der Waals surface area contributed by atoms with Crippen molar-refractivity contribution in [2.75, 3.05) is 19.7 Å². The number of benzene rings is 2. The fourth-order valence-corrected chi connectivity index (χ4v) is 2.74. The zero-order valence-corrected chi connectivity index (χ0v) is 15.7. The highest BCUT2D eigenvalue weighted by atomic mass is 16.7. The standard InChI is InChI=1S/C15H14O2.C6H15NO/c1-2-15(12-8-4-3-5-9-12)16-13-10-6-7-11-14(13)17-15;1-4-7(5-2)8-6-3/h3-11H,2H2,1H3;4-6H2,1-3H3. The lowest BCUT2D eigenvalue weighted by Gasteiger charge is -2.26. The van der Waals surface area contributed by atoms with Gasteiger partial charge < -0.3 is 9.47 Å². The van der Waals surface area contributed by atoms with Gasteiger partial charge in [-0.2, -0.15) is 5.06 Å². The molecule has 4 nitrogen and oxygen atoms in total. The second-order valence-corrected chi connectivity index (χ2v) is 5.66. The smallest absolute Gasteiger partial charge is 0.278 e. The second kappa shape index (κ2) is 9.44. The molecular weight excluding hydrogens is 314 g/mol. The molecule has 4 heteroatoms. The van der Waals surface area contributed by atoms with E-state index in [9.17, 15) is 0 Å². The van der Waals surface area contributed by atoms with E-state index in [0.717, 1.165) is 43.2 Å². The maximum absolute atomic E-state index is 6.01. The summed E-state index contributed by atoms with van der Waals surface area (Å²) >= 11 is 0. The molecule has 0 N–H and O–H groups in total. The molecule has 0 aromatic heterocycles. The highest BCUT2D eigenvalue weighted by Crippen LogP contribution is 2.45. The van der Waals surface area contributed by atoms with Gasteiger partial charge in [-0.3, -0.25) is 4.84 Å². The van der Waals surface area contributed by atoms with Crippen molar-refractivity contribution in [2.45, 2.75) is 39.9 Å². The predicted octanol–water partition coefficient (Wildman–Crippen LogP) is 5.00. The first-order chi connectivity index (χ1) is 12.2. The van der Waals surface area contributed by atoms with Gasteiger partial charge in [-0.1, -0.05) is 63.2 Å². The lowest BCUT2D eigenvalue weighted by Crippen LogP contribution is -2.34. The number of hydroxylamine groups is 2. The number of ether oxygens (including phenoxy) is 2. The third-order valence-corrected chi connectivity index (χ3v) is 4.09. The van der Waals surface area contributed by atoms with Crippen LogP contribution in [-0.2, 0) is 10.6 Å². The molecule has 3 rings (SSSR count). The Labute approximate surface area is 151 Å². The predicted molar refractivity (Wildman–Crippen MR) is 101 cm³/mol. The van der Waals surface area contributed by atoms with Gasteiger partial charge in [0, 0.05) is 25.1 Å². The summed E-state index contributed by atoms with van der Waals surface area (Å²) in [6.07, 6.45) is 0.770. The third kappa shape index (κ3) is 4.74. The number of rotatable bonds is 6. The number of hydrogen-bond acceptors (Lipinski definition) is 4. The van der Waals surface area contributed by atoms with Crippen molar-refractivity contribution in [3.8, 4) is 11.5 Å². The minimum Gasteiger partial charge on any atom is -0.444 e. The highest BCUT2D eigenvalue weighted by Gasteiger charge is 2.41. The minimum atomic E-state index is -0.662. The van der Waals surface area contributed by atoms with E-state index in [1.54, 1.807) is 0 Å². The molecular formula is C21H29NO3. The molecule has 0 spiro atoms. The van der Waals surface area contributed by atoms with Crippen LogP contribution in [0.25, 0.3) is 0 Å². The lowest BCUT2D eigenvalue weighted by molar-refractivity contribution is -0.147. The van der Waals surface area contributed by atoms with Crippen LogP contribution in [0, 0.1) is 0 Å². The van der Waals surface area contributed by atoms with Crippen LogP contribution < -0.4 is 9.47 Å². The number of para-hydroxylation sites is 2. The molecule has 0 bridgehead atoms. The Morgan fingerprint density at radius 1 is 0.800 bits per heavy atom. The van der Waals surface area contributed by atoms with Crippen molar-refractivity contribution in [2.24, 2.45) is 0 Å². The van der Waals surface area contributed by atoms with Gasteiger partial charge in [0.05, 0.1) is 6.61 Å². The van der Waals surface area contributed by atoms with E-state index in [4.69, 9.17) is 14.3 Å². The summed E-state index contributed by atoms with van der Waals surface area (Å²) in [5.41, 5.74) is 1.05. The highest BCUT2D eigenvalue weighted by molar-refractivity contribution is 5.44. The number of nitrogens with zero attached hydrogens (tertiary/aromatic N) is 1. The topological polar surface area (TPSA) is 30.9 Å². The normalized spacial score (nSPS) is 14.1. The average Bonchev–Trinajstić information content (AvgIpc) is 3.07. The van der Waals surface area contributed by atoms with Crippen LogP contribution in [0.1, 0.15) is 39.7 Å². The van der Waals surface area contributed by atoms with Crippen LogP contribution in [-0.4, -0.2) is 24.8 Å². The number of fused-ring (bicyclic) bond motifs is 1. The van der Waals surface area contributed by atoms with Crippen molar-refractivity contribution in [1.29, 1.82) is 0 Å². The molecule has 0 fully saturated rings. The molecule has 0 saturated heterocycles. The van der Waals surface area contributed by atoms with Gasteiger partial charge in [-0.05, 0) is 19.1 Å². The Kier molecular flexibility index (Phi) is 7.29. The molecule has 0 saturated carbocycles. The van der Waals surface area contributed by atoms with Crippen molar-refractivity contribution >= 4 is 0 Å². The molecule has 136 valence electrons. The summed E-state index contributed by atoms with van der Waals surface area (Å²) in [6, 6.07) is 17.9. The van der Waals surface area contributed by atoms with Crippen LogP contribution in [0.2, 0.25) is 0 Å². The Morgan fingerprint density at radius 2 is 1.32 bits per heavy atom. The molecule has 0 radical (unpaired) electrons. The van der Waals surface area contributed by atoms with Gasteiger partial charge in [-0.25, -0.2) is 0 Å². The van der Waals surface area contributed by atoms with Gasteiger partial charge in [0.1, 0.15) is 0 Å². The quantitative estimate of drug-likeness (QED) is 0.691. The second-order valence-electron chi connectivity index (χ2n) is 5.66. The maximum Gasteiger partial charge on any atom is 0.278 e. The van der Waals surface area contributed by atoms with Crippen LogP contribution in [0.3, 0.4) is 0 Å². The Balaban J connectivity index is 0.000000242. The van der Waals surface area contributed by atoms with Gasteiger partial charge in [0.15, 0.2) is 11.5 Å². The van der Waals surface area contributed by atoms with E-state index >= 15 is 0 Å². The fourth-order valence-electron chi connectivity index (χ4n) is 2.74. The molecule has 2 aromatic carbocycles. The zero-order valence-electron chi connectivity index (χ0n) is 15.7. The first-order valence-corrected chi connectivity index (χ1v) is 9.09. The summed E-state index contributed by atoms with van der Waals surface area (Å²) in [7, 11) is 0. The van der Waals surface area contributed by atoms with Gasteiger partial charge in [-0.15, -0.1) is 0 Å². The summed E-state index contributed by atoms with van der Waals surface area (Å²) in [5.74, 6) is 0.974. The van der Waals surface area contributed by atoms with Crippen molar-refractivity contribution in [1.82, 2.24) is 5.06 Å². The largest absolute Gasteiger partial charge is 0.444 e. The van der Waals surface area contributed by atoms with Crippen molar-refractivity contribution in [3.05, 3.63) is 60.2 Å². The van der Waals surface area contributed by atoms with E-state index in [1.807, 2.05) is 66.6 Å². The van der Waals surface area contributed by atoms with Gasteiger partial charge >= 0.3 is 0 Å². The zero-order chi connectivity index (χ0) is 18.1. The SMILES string of the molecule is CCC1(c2ccccc2)Oc2ccccc2O1.CCON(CC)CC. The van der Waals surface area contributed by atoms with E-state index < -0.39 is 5.79 Å². The third-order valence-electron chi connectivity index (χ3n) is 4.09. The Hall–Kier alpha value is -2.04. The maximum atomic E-state index is 6.01. The molecule has 2 aromatic rings. The summed E-state index contributed by atoms with van der Waals surface area (Å²) < 4.78 is 12.0. The molecule has 0 amide bonds. The van der Waals surface area contributed by atoms with Crippen LogP contribution in [0.15, 0.2) is 54.6 Å². The summed E-state index contributed by atoms with van der Waals surface area (Å²) in [6.45, 7) is 11.0. The minimum absolute atomic E-state index is 0.662. The van der Waals surface area contributed by atoms with Crippen LogP contribution >= 0.6 is 0 Å². The van der Waals surface area contributed by atoms with E-state index in [2.05, 4.69) is 20.8 Å². The molecule has 25 heavy (non-hydrogen) atoms. The fraction of sp³-hybridized carbons (Fsp3) is 0.429. The Bertz CT molecular complexity index is 601. The summed E-state index contributed by atoms with van der Waals surface area (Å²) in [5, 5.41) is 1.93. The number of hydrogen-bond donors (Lipinski definition) is 0. The molecule has 1 heterocycles. The monoisotopic (exact) mass is 343 g/mol. The van der Waals surface area contributed by atoms with E-state index in [1.165, 1.54) is 0 Å². The first kappa shape index (κ1) is 19.3. The van der Waals surface area contributed by atoms with Crippen molar-refractivity contribution < 1.29 is 14.3 Å².